The fourth-order valence-corrected chi connectivity index (χ4v) is 4.31. The highest BCUT2D eigenvalue weighted by Crippen LogP contribution is 2.26. The first-order valence-electron chi connectivity index (χ1n) is 11.4. The summed E-state index contributed by atoms with van der Waals surface area (Å²) in [6.45, 7) is 8.55. The number of para-hydroxylation sites is 2. The molecule has 0 fully saturated rings. The van der Waals surface area contributed by atoms with Crippen molar-refractivity contribution in [3.63, 3.8) is 0 Å². The summed E-state index contributed by atoms with van der Waals surface area (Å²) in [5.74, 6) is 0.621. The molecule has 1 heterocycles. The Morgan fingerprint density at radius 1 is 0.971 bits per heavy atom. The molecule has 34 heavy (non-hydrogen) atoms. The molecule has 0 bridgehead atoms. The van der Waals surface area contributed by atoms with Crippen LogP contribution in [0.25, 0.3) is 16.6 Å². The Bertz CT molecular complexity index is 1390. The van der Waals surface area contributed by atoms with Crippen LogP contribution in [0.2, 0.25) is 5.02 Å². The number of nitrogens with zero attached hydrogens (tertiary/aromatic N) is 3. The lowest BCUT2D eigenvalue weighted by Gasteiger charge is -2.32. The molecule has 0 aliphatic heterocycles. The van der Waals surface area contributed by atoms with Crippen molar-refractivity contribution in [2.75, 3.05) is 6.54 Å². The second kappa shape index (κ2) is 9.82. The van der Waals surface area contributed by atoms with Gasteiger partial charge in [0.1, 0.15) is 5.82 Å². The number of aromatic nitrogens is 2. The van der Waals surface area contributed by atoms with E-state index in [9.17, 15) is 9.59 Å². The molecule has 5 nitrogen and oxygen atoms in total. The van der Waals surface area contributed by atoms with E-state index < -0.39 is 6.04 Å². The zero-order chi connectivity index (χ0) is 24.4. The van der Waals surface area contributed by atoms with Crippen molar-refractivity contribution < 1.29 is 4.79 Å². The van der Waals surface area contributed by atoms with Gasteiger partial charge in [-0.05, 0) is 67.8 Å². The minimum absolute atomic E-state index is 0.128. The van der Waals surface area contributed by atoms with Crippen molar-refractivity contribution >= 4 is 28.4 Å². The molecule has 4 rings (SSSR count). The average Bonchev–Trinajstić information content (AvgIpc) is 2.83. The molecule has 3 aromatic carbocycles. The number of carbonyl (C=O) groups is 1. The maximum Gasteiger partial charge on any atom is 0.266 e. The van der Waals surface area contributed by atoms with Gasteiger partial charge in [0, 0.05) is 17.1 Å². The van der Waals surface area contributed by atoms with Gasteiger partial charge >= 0.3 is 0 Å². The first kappa shape index (κ1) is 23.7. The van der Waals surface area contributed by atoms with E-state index in [1.807, 2.05) is 56.3 Å². The summed E-state index contributed by atoms with van der Waals surface area (Å²) in [5.41, 5.74) is 2.72. The van der Waals surface area contributed by atoms with E-state index in [1.54, 1.807) is 39.8 Å². The molecule has 174 valence electrons. The predicted octanol–water partition coefficient (Wildman–Crippen LogP) is 6.21. The monoisotopic (exact) mass is 473 g/mol. The topological polar surface area (TPSA) is 55.2 Å². The quantitative estimate of drug-likeness (QED) is 0.334. The van der Waals surface area contributed by atoms with Gasteiger partial charge in [-0.3, -0.25) is 14.2 Å². The Kier molecular flexibility index (Phi) is 6.85. The van der Waals surface area contributed by atoms with E-state index in [0.717, 1.165) is 11.3 Å². The molecule has 1 aromatic heterocycles. The predicted molar refractivity (Wildman–Crippen MR) is 138 cm³/mol. The van der Waals surface area contributed by atoms with Gasteiger partial charge in [-0.15, -0.1) is 0 Å². The number of aryl methyl sites for hydroxylation is 1. The summed E-state index contributed by atoms with van der Waals surface area (Å²) in [6, 6.07) is 21.5. The van der Waals surface area contributed by atoms with Crippen LogP contribution in [-0.4, -0.2) is 26.9 Å². The molecule has 0 radical (unpaired) electrons. The molecule has 0 saturated carbocycles. The van der Waals surface area contributed by atoms with Crippen LogP contribution in [0.15, 0.2) is 77.6 Å². The summed E-state index contributed by atoms with van der Waals surface area (Å²) in [4.78, 5) is 34.1. The fourth-order valence-electron chi connectivity index (χ4n) is 4.19. The molecule has 0 aliphatic carbocycles. The SMILES string of the molecule is Cc1ccccc1-n1c(C(C)N(CC(C)C)C(=O)c2ccc(Cl)cc2)nc2ccccc2c1=O. The van der Waals surface area contributed by atoms with Crippen molar-refractivity contribution in [2.45, 2.75) is 33.7 Å². The maximum absolute atomic E-state index is 13.7. The minimum Gasteiger partial charge on any atom is -0.328 e. The molecular weight excluding hydrogens is 446 g/mol. The third-order valence-electron chi connectivity index (χ3n) is 5.91. The van der Waals surface area contributed by atoms with E-state index in [0.29, 0.717) is 33.9 Å². The van der Waals surface area contributed by atoms with Gasteiger partial charge in [-0.25, -0.2) is 4.98 Å². The molecule has 0 saturated heterocycles. The van der Waals surface area contributed by atoms with Crippen molar-refractivity contribution in [3.05, 3.63) is 105 Å². The van der Waals surface area contributed by atoms with E-state index >= 15 is 0 Å². The lowest BCUT2D eigenvalue weighted by molar-refractivity contribution is 0.0655. The highest BCUT2D eigenvalue weighted by Gasteiger charge is 2.28. The van der Waals surface area contributed by atoms with Gasteiger partial charge in [0.25, 0.3) is 11.5 Å². The average molecular weight is 474 g/mol. The summed E-state index contributed by atoms with van der Waals surface area (Å²) < 4.78 is 1.66. The van der Waals surface area contributed by atoms with Gasteiger partial charge in [-0.2, -0.15) is 0 Å². The lowest BCUT2D eigenvalue weighted by Crippen LogP contribution is -2.39. The van der Waals surface area contributed by atoms with Gasteiger partial charge in [0.15, 0.2) is 0 Å². The molecular formula is C28H28ClN3O2. The summed E-state index contributed by atoms with van der Waals surface area (Å²) >= 11 is 6.04. The van der Waals surface area contributed by atoms with Crippen molar-refractivity contribution in [2.24, 2.45) is 5.92 Å². The second-order valence-electron chi connectivity index (χ2n) is 8.95. The number of halogens is 1. The molecule has 4 aromatic rings. The Labute approximate surface area is 204 Å². The van der Waals surface area contributed by atoms with E-state index in [1.165, 1.54) is 0 Å². The zero-order valence-corrected chi connectivity index (χ0v) is 20.6. The largest absolute Gasteiger partial charge is 0.328 e. The van der Waals surface area contributed by atoms with Crippen molar-refractivity contribution in [1.82, 2.24) is 14.5 Å². The highest BCUT2D eigenvalue weighted by molar-refractivity contribution is 6.30. The van der Waals surface area contributed by atoms with Crippen molar-refractivity contribution in [3.8, 4) is 5.69 Å². The summed E-state index contributed by atoms with van der Waals surface area (Å²) in [6.07, 6.45) is 0. The molecule has 1 amide bonds. The number of hydrogen-bond donors (Lipinski definition) is 0. The van der Waals surface area contributed by atoms with Gasteiger partial charge < -0.3 is 4.90 Å². The van der Waals surface area contributed by atoms with Gasteiger partial charge in [-0.1, -0.05) is 55.8 Å². The number of hydrogen-bond acceptors (Lipinski definition) is 3. The number of benzene rings is 3. The molecule has 0 aliphatic rings. The molecule has 6 heteroatoms. The normalized spacial score (nSPS) is 12.2. The fraction of sp³-hybridized carbons (Fsp3) is 0.250. The highest BCUT2D eigenvalue weighted by atomic mass is 35.5. The lowest BCUT2D eigenvalue weighted by atomic mass is 10.1. The maximum atomic E-state index is 13.7. The molecule has 1 unspecified atom stereocenters. The molecule has 1 atom stereocenters. The van der Waals surface area contributed by atoms with E-state index in [-0.39, 0.29) is 17.4 Å². The van der Waals surface area contributed by atoms with Crippen LogP contribution >= 0.6 is 11.6 Å². The van der Waals surface area contributed by atoms with Crippen LogP contribution in [0.3, 0.4) is 0 Å². The summed E-state index contributed by atoms with van der Waals surface area (Å²) in [5, 5.41) is 1.12. The summed E-state index contributed by atoms with van der Waals surface area (Å²) in [7, 11) is 0. The van der Waals surface area contributed by atoms with Crippen LogP contribution in [0.1, 0.15) is 48.6 Å². The Morgan fingerprint density at radius 2 is 1.62 bits per heavy atom. The third kappa shape index (κ3) is 4.62. The smallest absolute Gasteiger partial charge is 0.266 e. The van der Waals surface area contributed by atoms with E-state index in [4.69, 9.17) is 16.6 Å². The van der Waals surface area contributed by atoms with Gasteiger partial charge in [0.2, 0.25) is 0 Å². The number of amides is 1. The third-order valence-corrected chi connectivity index (χ3v) is 6.17. The number of carbonyl (C=O) groups excluding carboxylic acids is 1. The first-order valence-corrected chi connectivity index (χ1v) is 11.8. The Morgan fingerprint density at radius 3 is 2.29 bits per heavy atom. The Hall–Kier alpha value is -3.44. The second-order valence-corrected chi connectivity index (χ2v) is 9.38. The van der Waals surface area contributed by atoms with Gasteiger partial charge in [0.05, 0.1) is 22.6 Å². The van der Waals surface area contributed by atoms with Crippen LogP contribution in [-0.2, 0) is 0 Å². The first-order chi connectivity index (χ1) is 16.3. The standard InChI is InChI=1S/C28H28ClN3O2/c1-18(2)17-31(27(33)21-13-15-22(29)16-14-21)20(4)26-30-24-11-7-6-10-23(24)28(34)32(26)25-12-8-5-9-19(25)3/h5-16,18,20H,17H2,1-4H3. The zero-order valence-electron chi connectivity index (χ0n) is 19.8. The molecule has 0 spiro atoms. The van der Waals surface area contributed by atoms with Crippen molar-refractivity contribution in [1.29, 1.82) is 0 Å². The van der Waals surface area contributed by atoms with Crippen LogP contribution in [0, 0.1) is 12.8 Å². The van der Waals surface area contributed by atoms with Crippen LogP contribution in [0.4, 0.5) is 0 Å². The van der Waals surface area contributed by atoms with E-state index in [2.05, 4.69) is 13.8 Å². The minimum atomic E-state index is -0.456. The van der Waals surface area contributed by atoms with Crippen LogP contribution in [0.5, 0.6) is 0 Å². The number of fused-ring (bicyclic) bond motifs is 1. The number of rotatable bonds is 6. The van der Waals surface area contributed by atoms with Crippen LogP contribution < -0.4 is 5.56 Å². The Balaban J connectivity index is 1.93. The molecule has 0 N–H and O–H groups in total.